The second-order valence-corrected chi connectivity index (χ2v) is 4.23. The lowest BCUT2D eigenvalue weighted by Crippen LogP contribution is -2.02. The molecule has 0 spiro atoms. The minimum Gasteiger partial charge on any atom is -0.375 e. The first-order valence-corrected chi connectivity index (χ1v) is 5.74. The lowest BCUT2D eigenvalue weighted by molar-refractivity contribution is -0.384. The second kappa shape index (κ2) is 5.40. The molecule has 2 rings (SSSR count). The Morgan fingerprint density at radius 3 is 2.85 bits per heavy atom. The molecule has 2 aromatic rings. The van der Waals surface area contributed by atoms with Gasteiger partial charge < -0.3 is 9.88 Å². The maximum absolute atomic E-state index is 13.1. The van der Waals surface area contributed by atoms with Crippen molar-refractivity contribution in [2.24, 2.45) is 7.05 Å². The Labute approximate surface area is 114 Å². The van der Waals surface area contributed by atoms with E-state index in [-0.39, 0.29) is 17.9 Å². The maximum Gasteiger partial charge on any atom is 0.292 e. The van der Waals surface area contributed by atoms with Gasteiger partial charge in [0.25, 0.3) is 5.69 Å². The molecule has 1 heterocycles. The van der Waals surface area contributed by atoms with Gasteiger partial charge in [0.1, 0.15) is 23.3 Å². The van der Waals surface area contributed by atoms with E-state index < -0.39 is 10.7 Å². The molecular weight excluding hydrogens is 263 g/mol. The fourth-order valence-corrected chi connectivity index (χ4v) is 1.85. The van der Waals surface area contributed by atoms with Crippen LogP contribution in [-0.2, 0) is 13.6 Å². The van der Waals surface area contributed by atoms with Gasteiger partial charge in [-0.1, -0.05) is 0 Å². The molecule has 0 aliphatic heterocycles. The van der Waals surface area contributed by atoms with Crippen molar-refractivity contribution in [2.75, 3.05) is 5.32 Å². The van der Waals surface area contributed by atoms with Crippen LogP contribution in [0.5, 0.6) is 0 Å². The van der Waals surface area contributed by atoms with E-state index in [9.17, 15) is 14.5 Å². The molecule has 1 N–H and O–H groups in total. The Bertz CT molecular complexity index is 703. The van der Waals surface area contributed by atoms with E-state index in [1.165, 1.54) is 0 Å². The lowest BCUT2D eigenvalue weighted by Gasteiger charge is -2.05. The summed E-state index contributed by atoms with van der Waals surface area (Å²) in [6.45, 7) is 0.264. The molecular formula is C13H11FN4O2. The van der Waals surface area contributed by atoms with Crippen LogP contribution in [0.15, 0.2) is 30.5 Å². The van der Waals surface area contributed by atoms with Gasteiger partial charge in [-0.05, 0) is 17.7 Å². The minimum absolute atomic E-state index is 0.109. The number of nitriles is 1. The topological polar surface area (TPSA) is 83.9 Å². The Kier molecular flexibility index (Phi) is 3.66. The standard InChI is InChI=1S/C13H11FN4O2/c1-17-8-9(4-11(17)6-15)7-16-12-5-10(14)2-3-13(12)18(19)20/h2-5,8,16H,7H2,1H3. The highest BCUT2D eigenvalue weighted by atomic mass is 19.1. The molecule has 20 heavy (non-hydrogen) atoms. The zero-order valence-electron chi connectivity index (χ0n) is 10.6. The molecule has 1 aromatic carbocycles. The van der Waals surface area contributed by atoms with Gasteiger partial charge in [0.15, 0.2) is 0 Å². The number of nitrogens with zero attached hydrogens (tertiary/aromatic N) is 3. The SMILES string of the molecule is Cn1cc(CNc2cc(F)ccc2[N+](=O)[O-])cc1C#N. The van der Waals surface area contributed by atoms with Crippen molar-refractivity contribution in [3.05, 3.63) is 57.7 Å². The van der Waals surface area contributed by atoms with Crippen molar-refractivity contribution < 1.29 is 9.31 Å². The average Bonchev–Trinajstić information content (AvgIpc) is 2.76. The quantitative estimate of drug-likeness (QED) is 0.686. The zero-order valence-corrected chi connectivity index (χ0v) is 10.6. The summed E-state index contributed by atoms with van der Waals surface area (Å²) in [6.07, 6.45) is 1.73. The molecule has 0 unspecified atom stereocenters. The van der Waals surface area contributed by atoms with E-state index in [1.54, 1.807) is 23.9 Å². The third-order valence-corrected chi connectivity index (χ3v) is 2.81. The van der Waals surface area contributed by atoms with Crippen molar-refractivity contribution >= 4 is 11.4 Å². The first-order chi connectivity index (χ1) is 9.51. The molecule has 0 aliphatic carbocycles. The highest BCUT2D eigenvalue weighted by Crippen LogP contribution is 2.25. The number of benzene rings is 1. The Morgan fingerprint density at radius 2 is 2.25 bits per heavy atom. The molecule has 0 aliphatic rings. The average molecular weight is 274 g/mol. The Hall–Kier alpha value is -2.88. The number of aryl methyl sites for hydroxylation is 1. The molecule has 0 atom stereocenters. The third kappa shape index (κ3) is 2.75. The smallest absolute Gasteiger partial charge is 0.292 e. The number of nitrogens with one attached hydrogen (secondary N) is 1. The van der Waals surface area contributed by atoms with E-state index >= 15 is 0 Å². The molecule has 0 saturated carbocycles. The number of rotatable bonds is 4. The van der Waals surface area contributed by atoms with Gasteiger partial charge in [0.05, 0.1) is 4.92 Å². The van der Waals surface area contributed by atoms with Gasteiger partial charge in [-0.2, -0.15) is 5.26 Å². The minimum atomic E-state index is -0.576. The van der Waals surface area contributed by atoms with Crippen LogP contribution < -0.4 is 5.32 Å². The van der Waals surface area contributed by atoms with E-state index in [0.717, 1.165) is 23.8 Å². The van der Waals surface area contributed by atoms with Gasteiger partial charge in [-0.15, -0.1) is 0 Å². The van der Waals surface area contributed by atoms with Gasteiger partial charge in [-0.3, -0.25) is 10.1 Å². The van der Waals surface area contributed by atoms with E-state index in [2.05, 4.69) is 5.32 Å². The summed E-state index contributed by atoms with van der Waals surface area (Å²) in [5.74, 6) is -0.552. The predicted octanol–water partition coefficient (Wildman–Crippen LogP) is 2.56. The molecule has 1 aromatic heterocycles. The Morgan fingerprint density at radius 1 is 1.50 bits per heavy atom. The number of hydrogen-bond donors (Lipinski definition) is 1. The van der Waals surface area contributed by atoms with Crippen molar-refractivity contribution in [3.8, 4) is 6.07 Å². The Balaban J connectivity index is 2.20. The number of anilines is 1. The van der Waals surface area contributed by atoms with Crippen molar-refractivity contribution in [1.82, 2.24) is 4.57 Å². The third-order valence-electron chi connectivity index (χ3n) is 2.81. The van der Waals surface area contributed by atoms with E-state index in [0.29, 0.717) is 5.69 Å². The number of aromatic nitrogens is 1. The second-order valence-electron chi connectivity index (χ2n) is 4.23. The first-order valence-electron chi connectivity index (χ1n) is 5.74. The number of nitro groups is 1. The molecule has 0 amide bonds. The number of nitro benzene ring substituents is 1. The summed E-state index contributed by atoms with van der Waals surface area (Å²) >= 11 is 0. The predicted molar refractivity (Wildman–Crippen MR) is 70.5 cm³/mol. The van der Waals surface area contributed by atoms with Gasteiger partial charge in [0.2, 0.25) is 0 Å². The van der Waals surface area contributed by atoms with Gasteiger partial charge in [-0.25, -0.2) is 4.39 Å². The van der Waals surface area contributed by atoms with E-state index in [1.807, 2.05) is 6.07 Å². The van der Waals surface area contributed by atoms with Crippen LogP contribution in [0.25, 0.3) is 0 Å². The van der Waals surface area contributed by atoms with Gasteiger partial charge in [0, 0.05) is 31.9 Å². The van der Waals surface area contributed by atoms with Crippen LogP contribution in [0.1, 0.15) is 11.3 Å². The molecule has 0 saturated heterocycles. The normalized spacial score (nSPS) is 10.1. The molecule has 0 fully saturated rings. The molecule has 0 radical (unpaired) electrons. The zero-order chi connectivity index (χ0) is 14.7. The highest BCUT2D eigenvalue weighted by Gasteiger charge is 2.14. The fraction of sp³-hybridized carbons (Fsp3) is 0.154. The summed E-state index contributed by atoms with van der Waals surface area (Å²) in [5.41, 5.74) is 1.18. The first kappa shape index (κ1) is 13.5. The summed E-state index contributed by atoms with van der Waals surface area (Å²) in [6, 6.07) is 6.92. The van der Waals surface area contributed by atoms with Gasteiger partial charge >= 0.3 is 0 Å². The summed E-state index contributed by atoms with van der Waals surface area (Å²) < 4.78 is 14.8. The van der Waals surface area contributed by atoms with Crippen molar-refractivity contribution in [2.45, 2.75) is 6.54 Å². The molecule has 0 bridgehead atoms. The fourth-order valence-electron chi connectivity index (χ4n) is 1.85. The largest absolute Gasteiger partial charge is 0.375 e. The summed E-state index contributed by atoms with van der Waals surface area (Å²) in [5, 5.41) is 22.5. The number of halogens is 1. The van der Waals surface area contributed by atoms with Crippen LogP contribution in [0, 0.1) is 27.3 Å². The maximum atomic E-state index is 13.1. The van der Waals surface area contributed by atoms with Crippen LogP contribution >= 0.6 is 0 Å². The lowest BCUT2D eigenvalue weighted by atomic mass is 10.2. The van der Waals surface area contributed by atoms with Crippen LogP contribution in [-0.4, -0.2) is 9.49 Å². The van der Waals surface area contributed by atoms with E-state index in [4.69, 9.17) is 5.26 Å². The molecule has 102 valence electrons. The monoisotopic (exact) mass is 274 g/mol. The van der Waals surface area contributed by atoms with Crippen LogP contribution in [0.3, 0.4) is 0 Å². The van der Waals surface area contributed by atoms with Crippen molar-refractivity contribution in [1.29, 1.82) is 5.26 Å². The summed E-state index contributed by atoms with van der Waals surface area (Å²) in [4.78, 5) is 10.3. The highest BCUT2D eigenvalue weighted by molar-refractivity contribution is 5.61. The van der Waals surface area contributed by atoms with Crippen molar-refractivity contribution in [3.63, 3.8) is 0 Å². The number of hydrogen-bond acceptors (Lipinski definition) is 4. The van der Waals surface area contributed by atoms with Crippen LogP contribution in [0.2, 0.25) is 0 Å². The summed E-state index contributed by atoms with van der Waals surface area (Å²) in [7, 11) is 1.73. The molecule has 7 heteroatoms. The molecule has 6 nitrogen and oxygen atoms in total. The van der Waals surface area contributed by atoms with Crippen LogP contribution in [0.4, 0.5) is 15.8 Å².